The van der Waals surface area contributed by atoms with Gasteiger partial charge in [0.1, 0.15) is 11.6 Å². The summed E-state index contributed by atoms with van der Waals surface area (Å²) in [5, 5.41) is 0. The Morgan fingerprint density at radius 2 is 1.87 bits per heavy atom. The topological polar surface area (TPSA) is 46.6 Å². The van der Waals surface area contributed by atoms with Gasteiger partial charge in [0.25, 0.3) is 0 Å². The van der Waals surface area contributed by atoms with Crippen LogP contribution in [0.2, 0.25) is 0 Å². The number of nitrogens with zero attached hydrogens (tertiary/aromatic N) is 1. The number of hydrogen-bond donors (Lipinski definition) is 0. The van der Waals surface area contributed by atoms with E-state index in [0.717, 1.165) is 16.9 Å². The maximum Gasteiger partial charge on any atom is 0.246 e. The van der Waals surface area contributed by atoms with Gasteiger partial charge in [0, 0.05) is 18.4 Å². The zero-order chi connectivity index (χ0) is 21.7. The molecule has 0 aromatic heterocycles. The van der Waals surface area contributed by atoms with Crippen LogP contribution in [0.4, 0.5) is 4.39 Å². The quantitative estimate of drug-likeness (QED) is 0.548. The summed E-state index contributed by atoms with van der Waals surface area (Å²) in [7, 11) is 1.61. The van der Waals surface area contributed by atoms with Crippen molar-refractivity contribution < 1.29 is 18.7 Å². The molecule has 3 rings (SSSR count). The largest absolute Gasteiger partial charge is 0.497 e. The molecule has 1 aliphatic heterocycles. The fourth-order valence-electron chi connectivity index (χ4n) is 3.92. The number of carbonyl (C=O) groups is 2. The number of Topliss-reactive ketones (excluding diaryl/α,β-unsaturated/α-hetero) is 1. The van der Waals surface area contributed by atoms with Crippen LogP contribution in [0.3, 0.4) is 0 Å². The van der Waals surface area contributed by atoms with Crippen molar-refractivity contribution in [3.8, 4) is 5.75 Å². The molecule has 0 saturated heterocycles. The van der Waals surface area contributed by atoms with Gasteiger partial charge in [-0.1, -0.05) is 43.0 Å². The fourth-order valence-corrected chi connectivity index (χ4v) is 3.92. The SMILES string of the molecule is C=CC(=O)N1C/C=C\[C@@H](c2ccc(OC)cc2)[C@H](Cc2ccc(F)cc2)C(=O)[C@@H]1C. The third kappa shape index (κ3) is 4.67. The van der Waals surface area contributed by atoms with Gasteiger partial charge in [0.15, 0.2) is 5.78 Å². The Bertz CT molecular complexity index is 934. The molecule has 2 aromatic carbocycles. The zero-order valence-electron chi connectivity index (χ0n) is 17.3. The van der Waals surface area contributed by atoms with Crippen molar-refractivity contribution in [1.29, 1.82) is 0 Å². The highest BCUT2D eigenvalue weighted by Crippen LogP contribution is 2.34. The number of halogens is 1. The molecule has 30 heavy (non-hydrogen) atoms. The van der Waals surface area contributed by atoms with E-state index in [1.165, 1.54) is 23.1 Å². The summed E-state index contributed by atoms with van der Waals surface area (Å²) in [6.45, 7) is 5.65. The number of benzene rings is 2. The Morgan fingerprint density at radius 1 is 1.20 bits per heavy atom. The molecule has 5 heteroatoms. The van der Waals surface area contributed by atoms with Gasteiger partial charge >= 0.3 is 0 Å². The highest BCUT2D eigenvalue weighted by Gasteiger charge is 2.36. The van der Waals surface area contributed by atoms with Crippen LogP contribution in [-0.2, 0) is 16.0 Å². The van der Waals surface area contributed by atoms with Crippen LogP contribution in [0.1, 0.15) is 24.0 Å². The van der Waals surface area contributed by atoms with Gasteiger partial charge in [-0.25, -0.2) is 4.39 Å². The average molecular weight is 407 g/mol. The molecule has 3 atom stereocenters. The van der Waals surface area contributed by atoms with E-state index in [4.69, 9.17) is 4.74 Å². The highest BCUT2D eigenvalue weighted by molar-refractivity contribution is 5.95. The Labute approximate surface area is 176 Å². The monoisotopic (exact) mass is 407 g/mol. The summed E-state index contributed by atoms with van der Waals surface area (Å²) in [6.07, 6.45) is 5.59. The minimum Gasteiger partial charge on any atom is -0.497 e. The molecule has 0 fully saturated rings. The second kappa shape index (κ2) is 9.53. The van der Waals surface area contributed by atoms with E-state index in [-0.39, 0.29) is 23.4 Å². The van der Waals surface area contributed by atoms with Crippen molar-refractivity contribution in [3.63, 3.8) is 0 Å². The lowest BCUT2D eigenvalue weighted by Crippen LogP contribution is -2.47. The molecule has 1 aliphatic rings. The van der Waals surface area contributed by atoms with E-state index in [1.54, 1.807) is 26.2 Å². The molecule has 0 bridgehead atoms. The van der Waals surface area contributed by atoms with Crippen LogP contribution in [-0.4, -0.2) is 36.3 Å². The third-order valence-electron chi connectivity index (χ3n) is 5.65. The smallest absolute Gasteiger partial charge is 0.246 e. The molecule has 0 saturated carbocycles. The maximum atomic E-state index is 13.5. The molecule has 1 heterocycles. The van der Waals surface area contributed by atoms with E-state index < -0.39 is 12.0 Å². The van der Waals surface area contributed by atoms with Gasteiger partial charge in [0.2, 0.25) is 5.91 Å². The number of ketones is 1. The molecule has 2 aromatic rings. The van der Waals surface area contributed by atoms with Crippen molar-refractivity contribution in [2.75, 3.05) is 13.7 Å². The summed E-state index contributed by atoms with van der Waals surface area (Å²) >= 11 is 0. The average Bonchev–Trinajstić information content (AvgIpc) is 2.77. The Kier molecular flexibility index (Phi) is 6.83. The molecular formula is C25H26FNO3. The number of rotatable bonds is 5. The number of carbonyl (C=O) groups excluding carboxylic acids is 2. The van der Waals surface area contributed by atoms with Crippen LogP contribution in [0.5, 0.6) is 5.75 Å². The first-order valence-corrected chi connectivity index (χ1v) is 9.96. The number of hydrogen-bond acceptors (Lipinski definition) is 3. The van der Waals surface area contributed by atoms with Crippen LogP contribution in [0, 0.1) is 11.7 Å². The summed E-state index contributed by atoms with van der Waals surface area (Å²) in [6, 6.07) is 13.3. The van der Waals surface area contributed by atoms with E-state index in [2.05, 4.69) is 6.58 Å². The standard InChI is InChI=1S/C25H26FNO3/c1-4-24(28)27-15-5-6-22(19-9-13-21(30-3)14-10-19)23(25(29)17(27)2)16-18-7-11-20(26)12-8-18/h4-14,17,22-23H,1,15-16H2,2-3H3/b6-5-/t17-,22-,23-/m0/s1. The lowest BCUT2D eigenvalue weighted by atomic mass is 9.76. The van der Waals surface area contributed by atoms with Gasteiger partial charge in [-0.05, 0) is 54.8 Å². The predicted octanol–water partition coefficient (Wildman–Crippen LogP) is 4.32. The van der Waals surface area contributed by atoms with Crippen molar-refractivity contribution in [3.05, 3.63) is 90.3 Å². The molecule has 0 N–H and O–H groups in total. The molecular weight excluding hydrogens is 381 g/mol. The van der Waals surface area contributed by atoms with E-state index in [0.29, 0.717) is 13.0 Å². The van der Waals surface area contributed by atoms with Gasteiger partial charge in [-0.2, -0.15) is 0 Å². The van der Waals surface area contributed by atoms with Crippen molar-refractivity contribution in [1.82, 2.24) is 4.90 Å². The molecule has 4 nitrogen and oxygen atoms in total. The summed E-state index contributed by atoms with van der Waals surface area (Å²) < 4.78 is 18.6. The van der Waals surface area contributed by atoms with Crippen molar-refractivity contribution >= 4 is 11.7 Å². The fraction of sp³-hybridized carbons (Fsp3) is 0.280. The number of allylic oxidation sites excluding steroid dienone is 1. The summed E-state index contributed by atoms with van der Waals surface area (Å²) in [5.41, 5.74) is 1.86. The Morgan fingerprint density at radius 3 is 2.47 bits per heavy atom. The van der Waals surface area contributed by atoms with Crippen LogP contribution >= 0.6 is 0 Å². The third-order valence-corrected chi connectivity index (χ3v) is 5.65. The van der Waals surface area contributed by atoms with Gasteiger partial charge in [-0.3, -0.25) is 9.59 Å². The minimum atomic E-state index is -0.591. The number of methoxy groups -OCH3 is 1. The van der Waals surface area contributed by atoms with Crippen LogP contribution in [0.15, 0.2) is 73.3 Å². The summed E-state index contributed by atoms with van der Waals surface area (Å²) in [5.74, 6) is -0.451. The first-order valence-electron chi connectivity index (χ1n) is 9.96. The molecule has 0 aliphatic carbocycles. The highest BCUT2D eigenvalue weighted by atomic mass is 19.1. The normalized spacial score (nSPS) is 22.7. The van der Waals surface area contributed by atoms with Crippen molar-refractivity contribution in [2.24, 2.45) is 5.92 Å². The van der Waals surface area contributed by atoms with E-state index >= 15 is 0 Å². The van der Waals surface area contributed by atoms with Crippen LogP contribution < -0.4 is 4.74 Å². The Hall–Kier alpha value is -3.21. The Balaban J connectivity index is 2.02. The molecule has 0 spiro atoms. The second-order valence-electron chi connectivity index (χ2n) is 7.44. The molecule has 156 valence electrons. The molecule has 1 amide bonds. The zero-order valence-corrected chi connectivity index (χ0v) is 17.3. The first-order chi connectivity index (χ1) is 14.4. The number of ether oxygens (including phenoxy) is 1. The first kappa shape index (κ1) is 21.5. The number of amides is 1. The summed E-state index contributed by atoms with van der Waals surface area (Å²) in [4.78, 5) is 27.3. The van der Waals surface area contributed by atoms with Gasteiger partial charge in [0.05, 0.1) is 13.2 Å². The lowest BCUT2D eigenvalue weighted by molar-refractivity contribution is -0.137. The minimum absolute atomic E-state index is 0.0281. The molecule has 0 radical (unpaired) electrons. The van der Waals surface area contributed by atoms with Gasteiger partial charge in [-0.15, -0.1) is 0 Å². The predicted molar refractivity (Wildman–Crippen MR) is 115 cm³/mol. The van der Waals surface area contributed by atoms with E-state index in [1.807, 2.05) is 36.4 Å². The maximum absolute atomic E-state index is 13.5. The lowest BCUT2D eigenvalue weighted by Gasteiger charge is -2.34. The van der Waals surface area contributed by atoms with E-state index in [9.17, 15) is 14.0 Å². The van der Waals surface area contributed by atoms with Crippen molar-refractivity contribution in [2.45, 2.75) is 25.3 Å². The van der Waals surface area contributed by atoms with Crippen LogP contribution in [0.25, 0.3) is 0 Å². The van der Waals surface area contributed by atoms with Gasteiger partial charge < -0.3 is 9.64 Å². The molecule has 0 unspecified atom stereocenters. The second-order valence-corrected chi connectivity index (χ2v) is 7.44.